The molecule has 3 aromatic rings. The van der Waals surface area contributed by atoms with Crippen molar-refractivity contribution in [2.24, 2.45) is 7.05 Å². The van der Waals surface area contributed by atoms with E-state index < -0.39 is 17.6 Å². The number of aromatic nitrogens is 2. The summed E-state index contributed by atoms with van der Waals surface area (Å²) < 4.78 is 40.1. The molecule has 1 heterocycles. The molecular formula is C23H19F3N4O2. The van der Waals surface area contributed by atoms with Gasteiger partial charge in [-0.3, -0.25) is 14.3 Å². The molecule has 1 aromatic heterocycles. The number of carbonyl (C=O) groups is 2. The minimum absolute atomic E-state index is 0.121. The van der Waals surface area contributed by atoms with E-state index >= 15 is 0 Å². The summed E-state index contributed by atoms with van der Waals surface area (Å²) >= 11 is 0. The summed E-state index contributed by atoms with van der Waals surface area (Å²) in [6.45, 7) is 7.07. The van der Waals surface area contributed by atoms with Gasteiger partial charge in [-0.05, 0) is 30.3 Å². The third-order valence-electron chi connectivity index (χ3n) is 4.55. The van der Waals surface area contributed by atoms with Gasteiger partial charge < -0.3 is 10.6 Å². The average molecular weight is 440 g/mol. The van der Waals surface area contributed by atoms with E-state index in [-0.39, 0.29) is 17.0 Å². The zero-order valence-electron chi connectivity index (χ0n) is 17.0. The second-order valence-corrected chi connectivity index (χ2v) is 6.83. The summed E-state index contributed by atoms with van der Waals surface area (Å²) in [6, 6.07) is 12.6. The Kier molecular flexibility index (Phi) is 6.29. The van der Waals surface area contributed by atoms with Crippen LogP contribution in [-0.4, -0.2) is 21.6 Å². The largest absolute Gasteiger partial charge is 0.416 e. The van der Waals surface area contributed by atoms with E-state index in [0.717, 1.165) is 12.1 Å². The molecule has 6 nitrogen and oxygen atoms in total. The number of hydrogen-bond donors (Lipinski definition) is 2. The monoisotopic (exact) mass is 440 g/mol. The van der Waals surface area contributed by atoms with Gasteiger partial charge in [0, 0.05) is 35.5 Å². The van der Waals surface area contributed by atoms with E-state index in [1.165, 1.54) is 22.9 Å². The van der Waals surface area contributed by atoms with Crippen LogP contribution in [0.15, 0.2) is 79.4 Å². The molecule has 0 unspecified atom stereocenters. The molecular weight excluding hydrogens is 421 g/mol. The van der Waals surface area contributed by atoms with Crippen LogP contribution in [0.5, 0.6) is 0 Å². The smallest absolute Gasteiger partial charge is 0.322 e. The van der Waals surface area contributed by atoms with Crippen molar-refractivity contribution in [2.75, 3.05) is 10.6 Å². The van der Waals surface area contributed by atoms with Crippen LogP contribution >= 0.6 is 0 Å². The van der Waals surface area contributed by atoms with Crippen LogP contribution in [-0.2, 0) is 18.0 Å². The van der Waals surface area contributed by atoms with Crippen molar-refractivity contribution in [1.29, 1.82) is 0 Å². The molecule has 9 heteroatoms. The van der Waals surface area contributed by atoms with E-state index in [2.05, 4.69) is 28.9 Å². The van der Waals surface area contributed by atoms with Crippen molar-refractivity contribution in [1.82, 2.24) is 9.78 Å². The number of anilines is 2. The highest BCUT2D eigenvalue weighted by atomic mass is 19.4. The number of hydrogen-bond acceptors (Lipinski definition) is 3. The fourth-order valence-electron chi connectivity index (χ4n) is 2.78. The molecule has 32 heavy (non-hydrogen) atoms. The second kappa shape index (κ2) is 8.93. The SMILES string of the molecule is C=CC(=C)C(=O)Nc1ccc(-c2cc(NC(=O)c3cccc(C(F)(F)F)c3)n(C)n2)cc1. The minimum Gasteiger partial charge on any atom is -0.322 e. The van der Waals surface area contributed by atoms with Crippen LogP contribution in [0.4, 0.5) is 24.7 Å². The van der Waals surface area contributed by atoms with E-state index in [0.29, 0.717) is 22.8 Å². The maximum absolute atomic E-state index is 12.9. The van der Waals surface area contributed by atoms with Crippen molar-refractivity contribution < 1.29 is 22.8 Å². The lowest BCUT2D eigenvalue weighted by Gasteiger charge is -2.09. The highest BCUT2D eigenvalue weighted by molar-refractivity contribution is 6.05. The number of nitrogens with zero attached hydrogens (tertiary/aromatic N) is 2. The van der Waals surface area contributed by atoms with Crippen LogP contribution < -0.4 is 10.6 Å². The Balaban J connectivity index is 1.75. The van der Waals surface area contributed by atoms with Gasteiger partial charge in [0.1, 0.15) is 5.82 Å². The Morgan fingerprint density at radius 2 is 1.75 bits per heavy atom. The number of alkyl halides is 3. The molecule has 3 rings (SSSR count). The van der Waals surface area contributed by atoms with Crippen LogP contribution in [0.1, 0.15) is 15.9 Å². The molecule has 0 aliphatic carbocycles. The highest BCUT2D eigenvalue weighted by Crippen LogP contribution is 2.30. The van der Waals surface area contributed by atoms with Crippen LogP contribution in [0.25, 0.3) is 11.3 Å². The summed E-state index contributed by atoms with van der Waals surface area (Å²) in [5, 5.41) is 9.57. The summed E-state index contributed by atoms with van der Waals surface area (Å²) in [6.07, 6.45) is -3.19. The Labute approximate surface area is 182 Å². The molecule has 0 saturated carbocycles. The lowest BCUT2D eigenvalue weighted by atomic mass is 10.1. The van der Waals surface area contributed by atoms with E-state index in [9.17, 15) is 22.8 Å². The van der Waals surface area contributed by atoms with Crippen molar-refractivity contribution in [3.63, 3.8) is 0 Å². The van der Waals surface area contributed by atoms with Gasteiger partial charge in [0.05, 0.1) is 11.3 Å². The molecule has 0 aliphatic heterocycles. The number of halogens is 3. The lowest BCUT2D eigenvalue weighted by Crippen LogP contribution is -2.15. The summed E-state index contributed by atoms with van der Waals surface area (Å²) in [5.41, 5.74) is 1.00. The van der Waals surface area contributed by atoms with Crippen molar-refractivity contribution in [2.45, 2.75) is 6.18 Å². The normalized spacial score (nSPS) is 11.0. The number of rotatable bonds is 6. The first kappa shape index (κ1) is 22.5. The maximum atomic E-state index is 12.9. The predicted molar refractivity (Wildman–Crippen MR) is 116 cm³/mol. The Bertz CT molecular complexity index is 1190. The zero-order valence-corrected chi connectivity index (χ0v) is 17.0. The molecule has 0 saturated heterocycles. The van der Waals surface area contributed by atoms with E-state index in [4.69, 9.17) is 0 Å². The van der Waals surface area contributed by atoms with Crippen LogP contribution in [0, 0.1) is 0 Å². The summed E-state index contributed by atoms with van der Waals surface area (Å²) in [4.78, 5) is 24.3. The van der Waals surface area contributed by atoms with Gasteiger partial charge in [0.15, 0.2) is 0 Å². The van der Waals surface area contributed by atoms with E-state index in [1.807, 2.05) is 0 Å². The Morgan fingerprint density at radius 1 is 1.06 bits per heavy atom. The standard InChI is InChI=1S/C23H19F3N4O2/c1-4-14(2)21(31)27-18-10-8-15(9-11-18)19-13-20(30(3)29-19)28-22(32)16-6-5-7-17(12-16)23(24,25)26/h4-13H,1-2H2,3H3,(H,27,31)(H,28,32). The third kappa shape index (κ3) is 5.12. The number of aryl methyl sites for hydroxylation is 1. The summed E-state index contributed by atoms with van der Waals surface area (Å²) in [5.74, 6) is -0.751. The number of nitrogens with one attached hydrogen (secondary N) is 2. The first-order valence-corrected chi connectivity index (χ1v) is 9.34. The lowest BCUT2D eigenvalue weighted by molar-refractivity contribution is -0.137. The number of benzene rings is 2. The molecule has 164 valence electrons. The fourth-order valence-corrected chi connectivity index (χ4v) is 2.78. The minimum atomic E-state index is -4.54. The molecule has 0 fully saturated rings. The molecule has 2 N–H and O–H groups in total. The third-order valence-corrected chi connectivity index (χ3v) is 4.55. The van der Waals surface area contributed by atoms with Gasteiger partial charge in [0.2, 0.25) is 0 Å². The molecule has 0 bridgehead atoms. The first-order valence-electron chi connectivity index (χ1n) is 9.34. The zero-order chi connectivity index (χ0) is 23.5. The van der Waals surface area contributed by atoms with Crippen molar-refractivity contribution in [3.8, 4) is 11.3 Å². The average Bonchev–Trinajstić information content (AvgIpc) is 3.13. The van der Waals surface area contributed by atoms with Gasteiger partial charge in [-0.1, -0.05) is 37.4 Å². The number of carbonyl (C=O) groups excluding carboxylic acids is 2. The molecule has 0 atom stereocenters. The van der Waals surface area contributed by atoms with Crippen molar-refractivity contribution >= 4 is 23.3 Å². The molecule has 2 amide bonds. The van der Waals surface area contributed by atoms with Crippen LogP contribution in [0.2, 0.25) is 0 Å². The van der Waals surface area contributed by atoms with Crippen LogP contribution in [0.3, 0.4) is 0 Å². The summed E-state index contributed by atoms with van der Waals surface area (Å²) in [7, 11) is 1.60. The van der Waals surface area contributed by atoms with Gasteiger partial charge in [-0.2, -0.15) is 18.3 Å². The van der Waals surface area contributed by atoms with Gasteiger partial charge in [-0.15, -0.1) is 0 Å². The molecule has 0 radical (unpaired) electrons. The Morgan fingerprint density at radius 3 is 2.38 bits per heavy atom. The van der Waals surface area contributed by atoms with Gasteiger partial charge in [0.25, 0.3) is 11.8 Å². The maximum Gasteiger partial charge on any atom is 0.416 e. The second-order valence-electron chi connectivity index (χ2n) is 6.83. The molecule has 2 aromatic carbocycles. The quantitative estimate of drug-likeness (QED) is 0.417. The van der Waals surface area contributed by atoms with Crippen molar-refractivity contribution in [3.05, 3.63) is 90.5 Å². The first-order chi connectivity index (χ1) is 15.1. The van der Waals surface area contributed by atoms with Gasteiger partial charge >= 0.3 is 6.18 Å². The fraction of sp³-hybridized carbons (Fsp3) is 0.0870. The highest BCUT2D eigenvalue weighted by Gasteiger charge is 2.31. The molecule has 0 spiro atoms. The van der Waals surface area contributed by atoms with Gasteiger partial charge in [-0.25, -0.2) is 0 Å². The number of amides is 2. The Hall–Kier alpha value is -4.14. The van der Waals surface area contributed by atoms with E-state index in [1.54, 1.807) is 37.4 Å². The predicted octanol–water partition coefficient (Wildman–Crippen LogP) is 5.04. The molecule has 0 aliphatic rings. The topological polar surface area (TPSA) is 76.0 Å².